The Morgan fingerprint density at radius 2 is 2.23 bits per heavy atom. The van der Waals surface area contributed by atoms with Gasteiger partial charge in [0.25, 0.3) is 0 Å². The number of aliphatic imine (C=N–C) groups is 1. The maximum atomic E-state index is 4.31. The van der Waals surface area contributed by atoms with Crippen LogP contribution in [-0.2, 0) is 0 Å². The molecule has 0 fully saturated rings. The van der Waals surface area contributed by atoms with Gasteiger partial charge in [-0.1, -0.05) is 44.2 Å². The molecule has 0 aliphatic rings. The molecule has 0 amide bonds. The molecule has 0 atom stereocenters. The molecule has 0 aliphatic heterocycles. The van der Waals surface area contributed by atoms with Crippen molar-refractivity contribution in [1.29, 1.82) is 0 Å². The maximum absolute atomic E-state index is 4.31. The summed E-state index contributed by atoms with van der Waals surface area (Å²) in [6.07, 6.45) is 12.0. The Morgan fingerprint density at radius 3 is 2.77 bits per heavy atom. The van der Waals surface area contributed by atoms with E-state index in [-0.39, 0.29) is 0 Å². The van der Waals surface area contributed by atoms with E-state index in [9.17, 15) is 0 Å². The van der Waals surface area contributed by atoms with Gasteiger partial charge < -0.3 is 0 Å². The minimum atomic E-state index is 0.919. The Kier molecular flexibility index (Phi) is 8.21. The van der Waals surface area contributed by atoms with Crippen molar-refractivity contribution >= 4 is 6.21 Å². The number of hydrogen-bond acceptors (Lipinski definition) is 1. The number of unbranched alkanes of at least 4 members (excludes halogenated alkanes) is 1. The molecule has 72 valence electrons. The van der Waals surface area contributed by atoms with Gasteiger partial charge in [0.1, 0.15) is 0 Å². The van der Waals surface area contributed by atoms with Gasteiger partial charge >= 0.3 is 0 Å². The van der Waals surface area contributed by atoms with Crippen LogP contribution in [-0.4, -0.2) is 12.8 Å². The fourth-order valence-electron chi connectivity index (χ4n) is 0.890. The van der Waals surface area contributed by atoms with E-state index in [1.165, 1.54) is 6.42 Å². The summed E-state index contributed by atoms with van der Waals surface area (Å²) in [6.45, 7) is 8.74. The van der Waals surface area contributed by atoms with Gasteiger partial charge in [-0.05, 0) is 18.9 Å². The van der Waals surface area contributed by atoms with E-state index >= 15 is 0 Å². The van der Waals surface area contributed by atoms with Crippen molar-refractivity contribution in [3.8, 4) is 0 Å². The highest BCUT2D eigenvalue weighted by Crippen LogP contribution is 1.95. The number of nitrogens with zero attached hydrogens (tertiary/aromatic N) is 1. The third kappa shape index (κ3) is 7.26. The first-order chi connectivity index (χ1) is 6.35. The molecule has 0 spiro atoms. The molecule has 0 aromatic carbocycles. The van der Waals surface area contributed by atoms with E-state index in [4.69, 9.17) is 0 Å². The average Bonchev–Trinajstić information content (AvgIpc) is 2.13. The lowest BCUT2D eigenvalue weighted by atomic mass is 10.2. The van der Waals surface area contributed by atoms with Crippen LogP contribution in [0.25, 0.3) is 0 Å². The standard InChI is InChI=1S/C12H19N/c1-4-7-10-13-11-12(8-5-2)9-6-3/h5-6,8-9,11H,2,4,7,10H2,1,3H3/b9-6-,12-8+,13-11?. The van der Waals surface area contributed by atoms with E-state index in [1.54, 1.807) is 6.08 Å². The summed E-state index contributed by atoms with van der Waals surface area (Å²) < 4.78 is 0. The SMILES string of the molecule is C=C/C=C(C=NCCCC)\C=C/C. The molecule has 0 unspecified atom stereocenters. The van der Waals surface area contributed by atoms with E-state index in [2.05, 4.69) is 18.5 Å². The third-order valence-electron chi connectivity index (χ3n) is 1.55. The van der Waals surface area contributed by atoms with Crippen LogP contribution < -0.4 is 0 Å². The van der Waals surface area contributed by atoms with Crippen LogP contribution in [0.15, 0.2) is 41.4 Å². The molecular weight excluding hydrogens is 158 g/mol. The number of hydrogen-bond donors (Lipinski definition) is 0. The maximum Gasteiger partial charge on any atom is 0.0389 e. The van der Waals surface area contributed by atoms with Crippen molar-refractivity contribution in [2.45, 2.75) is 26.7 Å². The molecule has 0 heterocycles. The van der Waals surface area contributed by atoms with Crippen LogP contribution in [0.1, 0.15) is 26.7 Å². The summed E-state index contributed by atoms with van der Waals surface area (Å²) in [5, 5.41) is 0. The predicted octanol–water partition coefficient (Wildman–Crippen LogP) is 3.55. The summed E-state index contributed by atoms with van der Waals surface area (Å²) in [7, 11) is 0. The Bertz CT molecular complexity index is 209. The molecule has 0 radical (unpaired) electrons. The lowest BCUT2D eigenvalue weighted by Gasteiger charge is -1.92. The molecule has 0 rings (SSSR count). The van der Waals surface area contributed by atoms with Gasteiger partial charge in [0.2, 0.25) is 0 Å². The predicted molar refractivity (Wildman–Crippen MR) is 61.4 cm³/mol. The van der Waals surface area contributed by atoms with Crippen LogP contribution >= 0.6 is 0 Å². The molecule has 0 bridgehead atoms. The monoisotopic (exact) mass is 177 g/mol. The first kappa shape index (κ1) is 11.9. The summed E-state index contributed by atoms with van der Waals surface area (Å²) in [5.41, 5.74) is 1.11. The molecule has 0 aromatic heterocycles. The van der Waals surface area contributed by atoms with Crippen molar-refractivity contribution in [3.63, 3.8) is 0 Å². The second-order valence-corrected chi connectivity index (χ2v) is 2.79. The third-order valence-corrected chi connectivity index (χ3v) is 1.55. The molecule has 0 saturated heterocycles. The lowest BCUT2D eigenvalue weighted by molar-refractivity contribution is 0.810. The van der Waals surface area contributed by atoms with Crippen molar-refractivity contribution in [3.05, 3.63) is 36.5 Å². The van der Waals surface area contributed by atoms with Crippen LogP contribution in [0.2, 0.25) is 0 Å². The van der Waals surface area contributed by atoms with Crippen molar-refractivity contribution < 1.29 is 0 Å². The minimum Gasteiger partial charge on any atom is -0.293 e. The first-order valence-electron chi connectivity index (χ1n) is 4.80. The highest BCUT2D eigenvalue weighted by molar-refractivity contribution is 5.82. The second kappa shape index (κ2) is 8.98. The summed E-state index contributed by atoms with van der Waals surface area (Å²) in [6, 6.07) is 0. The average molecular weight is 177 g/mol. The zero-order valence-corrected chi connectivity index (χ0v) is 8.66. The summed E-state index contributed by atoms with van der Waals surface area (Å²) in [4.78, 5) is 4.31. The van der Waals surface area contributed by atoms with Crippen LogP contribution in [0.5, 0.6) is 0 Å². The topological polar surface area (TPSA) is 12.4 Å². The van der Waals surface area contributed by atoms with Crippen molar-refractivity contribution in [1.82, 2.24) is 0 Å². The Balaban J connectivity index is 4.02. The van der Waals surface area contributed by atoms with E-state index in [0.29, 0.717) is 0 Å². The fraction of sp³-hybridized carbons (Fsp3) is 0.417. The largest absolute Gasteiger partial charge is 0.293 e. The Hall–Kier alpha value is -1.11. The van der Waals surface area contributed by atoms with Crippen molar-refractivity contribution in [2.24, 2.45) is 4.99 Å². The first-order valence-corrected chi connectivity index (χ1v) is 4.80. The van der Waals surface area contributed by atoms with Gasteiger partial charge in [-0.3, -0.25) is 4.99 Å². The molecule has 1 nitrogen and oxygen atoms in total. The highest BCUT2D eigenvalue weighted by atomic mass is 14.7. The normalized spacial score (nSPS) is 12.9. The highest BCUT2D eigenvalue weighted by Gasteiger charge is 1.83. The number of allylic oxidation sites excluding steroid dienone is 5. The van der Waals surface area contributed by atoms with Crippen LogP contribution in [0.4, 0.5) is 0 Å². The zero-order valence-electron chi connectivity index (χ0n) is 8.66. The lowest BCUT2D eigenvalue weighted by Crippen LogP contribution is -1.83. The molecule has 0 aliphatic carbocycles. The summed E-state index contributed by atoms with van der Waals surface area (Å²) >= 11 is 0. The quantitative estimate of drug-likeness (QED) is 0.334. The zero-order chi connectivity index (χ0) is 9.94. The van der Waals surface area contributed by atoms with E-state index < -0.39 is 0 Å². The molecule has 0 aromatic rings. The minimum absolute atomic E-state index is 0.919. The molecule has 1 heteroatoms. The van der Waals surface area contributed by atoms with Gasteiger partial charge in [-0.25, -0.2) is 0 Å². The van der Waals surface area contributed by atoms with Gasteiger partial charge in [0, 0.05) is 12.8 Å². The van der Waals surface area contributed by atoms with E-state index in [0.717, 1.165) is 18.5 Å². The van der Waals surface area contributed by atoms with Gasteiger partial charge in [0.15, 0.2) is 0 Å². The van der Waals surface area contributed by atoms with E-state index in [1.807, 2.05) is 31.4 Å². The molecule has 0 N–H and O–H groups in total. The Morgan fingerprint density at radius 1 is 1.46 bits per heavy atom. The molecule has 0 saturated carbocycles. The van der Waals surface area contributed by atoms with Gasteiger partial charge in [0.05, 0.1) is 0 Å². The van der Waals surface area contributed by atoms with Crippen LogP contribution in [0, 0.1) is 0 Å². The van der Waals surface area contributed by atoms with Gasteiger partial charge in [-0.15, -0.1) is 0 Å². The van der Waals surface area contributed by atoms with Crippen molar-refractivity contribution in [2.75, 3.05) is 6.54 Å². The molecular formula is C12H19N. The Labute approximate surface area is 81.6 Å². The van der Waals surface area contributed by atoms with Crippen LogP contribution in [0.3, 0.4) is 0 Å². The second-order valence-electron chi connectivity index (χ2n) is 2.79. The number of rotatable bonds is 6. The fourth-order valence-corrected chi connectivity index (χ4v) is 0.890. The summed E-state index contributed by atoms with van der Waals surface area (Å²) in [5.74, 6) is 0. The smallest absolute Gasteiger partial charge is 0.0389 e. The van der Waals surface area contributed by atoms with Gasteiger partial charge in [-0.2, -0.15) is 0 Å². The molecule has 13 heavy (non-hydrogen) atoms.